The molecule has 0 spiro atoms. The summed E-state index contributed by atoms with van der Waals surface area (Å²) < 4.78 is 0. The van der Waals surface area contributed by atoms with Crippen molar-refractivity contribution in [2.75, 3.05) is 19.7 Å². The number of hydrogen-bond acceptors (Lipinski definition) is 15. The van der Waals surface area contributed by atoms with E-state index in [1.807, 2.05) is 0 Å². The molecule has 0 aliphatic carbocycles. The normalized spacial score (nSPS) is 14.5. The highest BCUT2D eigenvalue weighted by atomic mass is 16.4. The van der Waals surface area contributed by atoms with Crippen molar-refractivity contribution in [2.24, 2.45) is 29.2 Å². The van der Waals surface area contributed by atoms with Crippen molar-refractivity contribution in [2.45, 2.75) is 135 Å². The first-order valence-electron chi connectivity index (χ1n) is 25.2. The molecule has 10 amide bonds. The van der Waals surface area contributed by atoms with Gasteiger partial charge in [-0.25, -0.2) is 4.79 Å². The van der Waals surface area contributed by atoms with Gasteiger partial charge in [-0.3, -0.25) is 52.7 Å². The molecule has 430 valence electrons. The van der Waals surface area contributed by atoms with Gasteiger partial charge in [0.15, 0.2) is 0 Å². The van der Waals surface area contributed by atoms with Crippen molar-refractivity contribution < 1.29 is 78.0 Å². The van der Waals surface area contributed by atoms with Crippen LogP contribution in [-0.4, -0.2) is 159 Å². The number of carboxylic acid groups (broad SMARTS) is 2. The molecule has 0 aliphatic rings. The Labute approximate surface area is 450 Å². The number of aliphatic hydroxyl groups excluding tert-OH is 1. The summed E-state index contributed by atoms with van der Waals surface area (Å²) in [7, 11) is 0. The van der Waals surface area contributed by atoms with E-state index in [2.05, 4.69) is 47.9 Å². The van der Waals surface area contributed by atoms with Crippen molar-refractivity contribution >= 4 is 71.0 Å². The second-order valence-corrected chi connectivity index (χ2v) is 19.4. The van der Waals surface area contributed by atoms with Crippen molar-refractivity contribution in [1.82, 2.24) is 47.9 Å². The molecule has 78 heavy (non-hydrogen) atoms. The number of benzene rings is 2. The number of aromatic hydroxyl groups is 1. The van der Waals surface area contributed by atoms with Gasteiger partial charge in [-0.05, 0) is 53.9 Å². The number of primary amides is 1. The topological polar surface area (TPSA) is 446 Å². The summed E-state index contributed by atoms with van der Waals surface area (Å²) >= 11 is 0. The predicted octanol–water partition coefficient (Wildman–Crippen LogP) is -3.30. The molecular weight excluding hydrogens is 1020 g/mol. The van der Waals surface area contributed by atoms with Gasteiger partial charge in [0, 0.05) is 12.8 Å². The molecule has 2 rings (SSSR count). The average molecular weight is 1100 g/mol. The lowest BCUT2D eigenvalue weighted by molar-refractivity contribution is -0.144. The maximum atomic E-state index is 14.0. The molecule has 17 N–H and O–H groups in total. The monoisotopic (exact) mass is 1100 g/mol. The Balaban J connectivity index is 2.32. The molecule has 0 saturated heterocycles. The van der Waals surface area contributed by atoms with Crippen LogP contribution in [0.2, 0.25) is 0 Å². The third kappa shape index (κ3) is 23.8. The number of nitrogens with two attached hydrogens (primary N) is 2. The smallest absolute Gasteiger partial charge is 0.326 e. The van der Waals surface area contributed by atoms with Crippen LogP contribution in [0.1, 0.15) is 84.8 Å². The number of nitrogens with one attached hydrogen (secondary N) is 9. The van der Waals surface area contributed by atoms with E-state index in [-0.39, 0.29) is 43.3 Å². The van der Waals surface area contributed by atoms with E-state index in [1.165, 1.54) is 24.3 Å². The van der Waals surface area contributed by atoms with E-state index < -0.39 is 158 Å². The van der Waals surface area contributed by atoms with Crippen LogP contribution in [0.5, 0.6) is 5.75 Å². The summed E-state index contributed by atoms with van der Waals surface area (Å²) in [6, 6.07) is 1.79. The van der Waals surface area contributed by atoms with Gasteiger partial charge in [0.05, 0.1) is 32.5 Å². The van der Waals surface area contributed by atoms with Crippen LogP contribution < -0.4 is 59.3 Å². The molecule has 0 heterocycles. The molecular formula is C51H75N11O16. The average Bonchev–Trinajstić information content (AvgIpc) is 3.37. The maximum Gasteiger partial charge on any atom is 0.326 e. The second kappa shape index (κ2) is 33.1. The van der Waals surface area contributed by atoms with Crippen molar-refractivity contribution in [3.8, 4) is 5.75 Å². The van der Waals surface area contributed by atoms with E-state index >= 15 is 0 Å². The molecule has 0 unspecified atom stereocenters. The lowest BCUT2D eigenvalue weighted by atomic mass is 9.96. The Morgan fingerprint density at radius 1 is 0.513 bits per heavy atom. The van der Waals surface area contributed by atoms with Crippen LogP contribution in [-0.2, 0) is 70.4 Å². The van der Waals surface area contributed by atoms with E-state index in [0.29, 0.717) is 17.5 Å². The Bertz CT molecular complexity index is 2410. The van der Waals surface area contributed by atoms with Gasteiger partial charge in [0.1, 0.15) is 54.1 Å². The maximum absolute atomic E-state index is 14.0. The molecule has 0 radical (unpaired) electrons. The fourth-order valence-corrected chi connectivity index (χ4v) is 7.61. The van der Waals surface area contributed by atoms with E-state index in [4.69, 9.17) is 11.5 Å². The molecule has 27 heteroatoms. The molecule has 0 bridgehead atoms. The number of rotatable bonds is 34. The van der Waals surface area contributed by atoms with Gasteiger partial charge < -0.3 is 79.7 Å². The van der Waals surface area contributed by atoms with Gasteiger partial charge in [-0.15, -0.1) is 0 Å². The fraction of sp³-hybridized carbons (Fsp3) is 0.529. The molecule has 0 fully saturated rings. The molecule has 0 aliphatic heterocycles. The van der Waals surface area contributed by atoms with Crippen LogP contribution >= 0.6 is 0 Å². The highest BCUT2D eigenvalue weighted by molar-refractivity contribution is 5.99. The zero-order chi connectivity index (χ0) is 58.8. The van der Waals surface area contributed by atoms with Gasteiger partial charge in [-0.1, -0.05) is 90.4 Å². The van der Waals surface area contributed by atoms with Gasteiger partial charge in [0.2, 0.25) is 59.1 Å². The quantitative estimate of drug-likeness (QED) is 0.0326. The number of amides is 10. The zero-order valence-electron chi connectivity index (χ0n) is 44.5. The first kappa shape index (κ1) is 65.9. The van der Waals surface area contributed by atoms with Crippen molar-refractivity contribution in [1.29, 1.82) is 0 Å². The van der Waals surface area contributed by atoms with Crippen LogP contribution in [0.3, 0.4) is 0 Å². The van der Waals surface area contributed by atoms with Crippen LogP contribution in [0.4, 0.5) is 0 Å². The first-order valence-corrected chi connectivity index (χ1v) is 25.2. The van der Waals surface area contributed by atoms with E-state index in [9.17, 15) is 78.0 Å². The predicted molar refractivity (Wildman–Crippen MR) is 279 cm³/mol. The van der Waals surface area contributed by atoms with E-state index in [0.717, 1.165) is 0 Å². The van der Waals surface area contributed by atoms with Crippen LogP contribution in [0.25, 0.3) is 0 Å². The Morgan fingerprint density at radius 3 is 1.41 bits per heavy atom. The highest BCUT2D eigenvalue weighted by Gasteiger charge is 2.36. The van der Waals surface area contributed by atoms with Gasteiger partial charge in [0.25, 0.3) is 0 Å². The summed E-state index contributed by atoms with van der Waals surface area (Å²) in [6.07, 6.45) is -1.92. The zero-order valence-corrected chi connectivity index (χ0v) is 44.5. The van der Waals surface area contributed by atoms with E-state index in [1.54, 1.807) is 71.9 Å². The second-order valence-electron chi connectivity index (χ2n) is 19.4. The summed E-state index contributed by atoms with van der Waals surface area (Å²) in [5, 5.41) is 61.0. The van der Waals surface area contributed by atoms with Crippen LogP contribution in [0.15, 0.2) is 54.6 Å². The van der Waals surface area contributed by atoms with Crippen molar-refractivity contribution in [3.05, 3.63) is 65.7 Å². The molecule has 9 atom stereocenters. The SMILES string of the molecule is CC[C@H](C)[C@H](NC(=O)[C@H](CC(C)C)NC(=O)[C@H](CO)NC(=O)[C@H](Cc1ccccc1)NC(=O)CN)C(=O)NCC(=O)N[C@@H](Cc1ccc(O)cc1)C(=O)N[C@@H](CC(=O)O)C(=O)N[C@@H](CC(C)C)C(=O)N[C@@H](CC(N)=O)C(=O)O. The van der Waals surface area contributed by atoms with Crippen molar-refractivity contribution in [3.63, 3.8) is 0 Å². The van der Waals surface area contributed by atoms with Crippen LogP contribution in [0, 0.1) is 17.8 Å². The highest BCUT2D eigenvalue weighted by Crippen LogP contribution is 2.15. The number of aliphatic carboxylic acids is 2. The third-order valence-corrected chi connectivity index (χ3v) is 11.9. The minimum absolute atomic E-state index is 0.00971. The summed E-state index contributed by atoms with van der Waals surface area (Å²) in [6.45, 7) is 8.02. The Kier molecular flexibility index (Phi) is 27.9. The molecule has 0 saturated carbocycles. The number of phenols is 1. The summed E-state index contributed by atoms with van der Waals surface area (Å²) in [4.78, 5) is 157. The number of carboxylic acids is 2. The molecule has 2 aromatic rings. The number of aliphatic hydroxyl groups is 1. The minimum atomic E-state index is -1.90. The van der Waals surface area contributed by atoms with Gasteiger partial charge >= 0.3 is 11.9 Å². The van der Waals surface area contributed by atoms with Gasteiger partial charge in [-0.2, -0.15) is 0 Å². The Hall–Kier alpha value is -8.20. The molecule has 0 aromatic heterocycles. The first-order chi connectivity index (χ1) is 36.7. The standard InChI is InChI=1S/C51H75N11O16/c1-7-28(6)43(62-48(74)33(18-27(4)5)58-49(75)38(25-63)61-46(72)34(55-40(66)23-52)19-29-11-9-8-10-12-29)50(76)54-24-41(67)56-35(20-30-13-15-31(64)16-14-30)45(71)59-36(22-42(68)69)47(73)57-32(17-26(2)3)44(70)60-37(51(77)78)21-39(53)65/h8-16,26-28,32-38,43,63-64H,7,17-25,52H2,1-6H3,(H2,53,65)(H,54,76)(H,55,66)(H,56,67)(H,57,73)(H,58,75)(H,59,71)(H,60,70)(H,61,72)(H,62,74)(H,68,69)(H,77,78)/t28-,32-,33-,34-,35-,36-,37-,38-,43-/m0/s1. The lowest BCUT2D eigenvalue weighted by Gasteiger charge is -2.28. The summed E-state index contributed by atoms with van der Waals surface area (Å²) in [5.74, 6) is -14.0. The minimum Gasteiger partial charge on any atom is -0.508 e. The number of hydrogen-bond donors (Lipinski definition) is 15. The Morgan fingerprint density at radius 2 is 0.949 bits per heavy atom. The lowest BCUT2D eigenvalue weighted by Crippen LogP contribution is -2.60. The third-order valence-electron chi connectivity index (χ3n) is 11.9. The summed E-state index contributed by atoms with van der Waals surface area (Å²) in [5.41, 5.74) is 11.6. The number of phenolic OH excluding ortho intramolecular Hbond substituents is 1. The largest absolute Gasteiger partial charge is 0.508 e. The number of carbonyl (C=O) groups is 12. The number of carbonyl (C=O) groups excluding carboxylic acids is 10. The molecule has 2 aromatic carbocycles. The molecule has 27 nitrogen and oxygen atoms in total. The fourth-order valence-electron chi connectivity index (χ4n) is 7.61.